The number of para-hydroxylation sites is 1. The highest BCUT2D eigenvalue weighted by Gasteiger charge is 2.27. The Morgan fingerprint density at radius 2 is 2.12 bits per heavy atom. The normalized spacial score (nSPS) is 18.9. The molecule has 0 bridgehead atoms. The zero-order valence-corrected chi connectivity index (χ0v) is 14.2. The molecule has 2 aromatic carbocycles. The summed E-state index contributed by atoms with van der Waals surface area (Å²) >= 11 is 0. The number of methoxy groups -OCH3 is 1. The van der Waals surface area contributed by atoms with Crippen molar-refractivity contribution in [1.82, 2.24) is 4.90 Å². The maximum atomic E-state index is 10.9. The molecule has 0 saturated carbocycles. The van der Waals surface area contributed by atoms with Crippen molar-refractivity contribution in [3.8, 4) is 5.75 Å². The van der Waals surface area contributed by atoms with Gasteiger partial charge in [0.15, 0.2) is 0 Å². The molecular weight excluding hydrogens is 320 g/mol. The van der Waals surface area contributed by atoms with E-state index in [1.165, 1.54) is 17.7 Å². The molecule has 0 spiro atoms. The van der Waals surface area contributed by atoms with Crippen molar-refractivity contribution in [3.05, 3.63) is 69.8 Å². The fraction of sp³-hybridized carbons (Fsp3) is 0.368. The molecule has 2 aromatic rings. The zero-order chi connectivity index (χ0) is 17.8. The number of likely N-dealkylation sites (tertiary alicyclic amines) is 1. The highest BCUT2D eigenvalue weighted by molar-refractivity contribution is 5.37. The summed E-state index contributed by atoms with van der Waals surface area (Å²) in [6, 6.07) is 14.2. The van der Waals surface area contributed by atoms with Crippen LogP contribution in [0.5, 0.6) is 5.75 Å². The van der Waals surface area contributed by atoms with Gasteiger partial charge in [-0.3, -0.25) is 15.0 Å². The first-order valence-electron chi connectivity index (χ1n) is 8.36. The van der Waals surface area contributed by atoms with Gasteiger partial charge in [0.1, 0.15) is 5.75 Å². The number of hydrogen-bond donors (Lipinski definition) is 1. The third-order valence-corrected chi connectivity index (χ3v) is 4.75. The first kappa shape index (κ1) is 17.4. The molecule has 0 aromatic heterocycles. The van der Waals surface area contributed by atoms with E-state index in [0.717, 1.165) is 25.3 Å². The highest BCUT2D eigenvalue weighted by atomic mass is 16.6. The molecule has 1 aliphatic heterocycles. The third-order valence-electron chi connectivity index (χ3n) is 4.75. The van der Waals surface area contributed by atoms with Crippen LogP contribution >= 0.6 is 0 Å². The number of rotatable bonds is 6. The Hall–Kier alpha value is -2.44. The number of aliphatic hydroxyl groups is 1. The van der Waals surface area contributed by atoms with Gasteiger partial charge < -0.3 is 9.84 Å². The van der Waals surface area contributed by atoms with Crippen molar-refractivity contribution in [1.29, 1.82) is 0 Å². The number of nitrogens with zero attached hydrogens (tertiary/aromatic N) is 2. The summed E-state index contributed by atoms with van der Waals surface area (Å²) in [5.74, 6) is 1.27. The highest BCUT2D eigenvalue weighted by Crippen LogP contribution is 2.34. The Bertz CT molecular complexity index is 750. The first-order valence-corrected chi connectivity index (χ1v) is 8.36. The molecule has 25 heavy (non-hydrogen) atoms. The van der Waals surface area contributed by atoms with Gasteiger partial charge in [-0.2, -0.15) is 0 Å². The van der Waals surface area contributed by atoms with Crippen LogP contribution in [-0.2, 0) is 0 Å². The van der Waals surface area contributed by atoms with E-state index in [2.05, 4.69) is 11.0 Å². The average molecular weight is 342 g/mol. The number of benzene rings is 2. The molecule has 1 heterocycles. The number of β-amino-alcohol motifs (C(OH)–C–C–N with tert-alkyl or cyclic N) is 1. The van der Waals surface area contributed by atoms with E-state index in [1.807, 2.05) is 18.2 Å². The second-order valence-corrected chi connectivity index (χ2v) is 6.36. The number of ether oxygens (including phenoxy) is 1. The minimum absolute atomic E-state index is 0.00451. The largest absolute Gasteiger partial charge is 0.496 e. The number of non-ortho nitro benzene ring substituents is 1. The van der Waals surface area contributed by atoms with E-state index < -0.39 is 11.0 Å². The SMILES string of the molecule is COc1ccccc1[C@@H]1CCN(C[C@H](O)c2cccc([N+](=O)[O-])c2)C1. The summed E-state index contributed by atoms with van der Waals surface area (Å²) in [5.41, 5.74) is 1.78. The summed E-state index contributed by atoms with van der Waals surface area (Å²) in [4.78, 5) is 12.6. The molecule has 2 atom stereocenters. The number of nitro benzene ring substituents is 1. The first-order chi connectivity index (χ1) is 12.1. The number of aliphatic hydroxyl groups excluding tert-OH is 1. The van der Waals surface area contributed by atoms with Crippen LogP contribution in [0, 0.1) is 10.1 Å². The summed E-state index contributed by atoms with van der Waals surface area (Å²) in [6.07, 6.45) is 0.262. The Balaban J connectivity index is 1.65. The fourth-order valence-electron chi connectivity index (χ4n) is 3.45. The van der Waals surface area contributed by atoms with Crippen LogP contribution in [0.3, 0.4) is 0 Å². The molecule has 6 heteroatoms. The van der Waals surface area contributed by atoms with Crippen LogP contribution in [-0.4, -0.2) is 41.7 Å². The summed E-state index contributed by atoms with van der Waals surface area (Å²) in [5, 5.41) is 21.3. The van der Waals surface area contributed by atoms with E-state index in [-0.39, 0.29) is 5.69 Å². The minimum Gasteiger partial charge on any atom is -0.496 e. The van der Waals surface area contributed by atoms with Gasteiger partial charge in [0.05, 0.1) is 18.1 Å². The van der Waals surface area contributed by atoms with Gasteiger partial charge in [-0.1, -0.05) is 30.3 Å². The van der Waals surface area contributed by atoms with Crippen LogP contribution < -0.4 is 4.74 Å². The predicted octanol–water partition coefficient (Wildman–Crippen LogP) is 3.13. The second-order valence-electron chi connectivity index (χ2n) is 6.36. The standard InChI is InChI=1S/C19H22N2O4/c1-25-19-8-3-2-7-17(19)15-9-10-20(12-15)13-18(22)14-5-4-6-16(11-14)21(23)24/h2-8,11,15,18,22H,9-10,12-13H2,1H3/t15-,18+/m1/s1. The molecule has 0 amide bonds. The smallest absolute Gasteiger partial charge is 0.269 e. The quantitative estimate of drug-likeness (QED) is 0.645. The van der Waals surface area contributed by atoms with Crippen LogP contribution in [0.1, 0.15) is 29.6 Å². The van der Waals surface area contributed by atoms with E-state index in [9.17, 15) is 15.2 Å². The van der Waals surface area contributed by atoms with E-state index >= 15 is 0 Å². The number of hydrogen-bond acceptors (Lipinski definition) is 5. The predicted molar refractivity (Wildman–Crippen MR) is 94.8 cm³/mol. The van der Waals surface area contributed by atoms with E-state index in [4.69, 9.17) is 4.74 Å². The van der Waals surface area contributed by atoms with Gasteiger partial charge in [-0.05, 0) is 30.2 Å². The maximum Gasteiger partial charge on any atom is 0.269 e. The molecule has 1 fully saturated rings. The summed E-state index contributed by atoms with van der Waals surface area (Å²) in [7, 11) is 1.68. The molecule has 6 nitrogen and oxygen atoms in total. The lowest BCUT2D eigenvalue weighted by Gasteiger charge is -2.21. The fourth-order valence-corrected chi connectivity index (χ4v) is 3.45. The van der Waals surface area contributed by atoms with Crippen molar-refractivity contribution in [2.24, 2.45) is 0 Å². The van der Waals surface area contributed by atoms with E-state index in [1.54, 1.807) is 19.2 Å². The minimum atomic E-state index is -0.740. The Morgan fingerprint density at radius 1 is 1.32 bits per heavy atom. The van der Waals surface area contributed by atoms with Crippen molar-refractivity contribution in [2.75, 3.05) is 26.7 Å². The van der Waals surface area contributed by atoms with Crippen LogP contribution in [0.25, 0.3) is 0 Å². The topological polar surface area (TPSA) is 75.8 Å². The van der Waals surface area contributed by atoms with Crippen molar-refractivity contribution >= 4 is 5.69 Å². The van der Waals surface area contributed by atoms with Crippen LogP contribution in [0.4, 0.5) is 5.69 Å². The Morgan fingerprint density at radius 3 is 2.88 bits per heavy atom. The van der Waals surface area contributed by atoms with Crippen molar-refractivity contribution in [2.45, 2.75) is 18.4 Å². The lowest BCUT2D eigenvalue weighted by atomic mass is 9.97. The summed E-state index contributed by atoms with van der Waals surface area (Å²) < 4.78 is 5.45. The van der Waals surface area contributed by atoms with Crippen LogP contribution in [0.15, 0.2) is 48.5 Å². The molecular formula is C19H22N2O4. The molecule has 1 aliphatic rings. The van der Waals surface area contributed by atoms with Gasteiger partial charge in [0, 0.05) is 31.1 Å². The Labute approximate surface area is 146 Å². The molecule has 0 aliphatic carbocycles. The van der Waals surface area contributed by atoms with Gasteiger partial charge in [0.25, 0.3) is 5.69 Å². The van der Waals surface area contributed by atoms with Gasteiger partial charge >= 0.3 is 0 Å². The summed E-state index contributed by atoms with van der Waals surface area (Å²) in [6.45, 7) is 2.19. The van der Waals surface area contributed by atoms with E-state index in [0.29, 0.717) is 18.0 Å². The number of nitro groups is 1. The molecule has 132 valence electrons. The van der Waals surface area contributed by atoms with Gasteiger partial charge in [-0.25, -0.2) is 0 Å². The molecule has 1 saturated heterocycles. The van der Waals surface area contributed by atoms with Gasteiger partial charge in [0.2, 0.25) is 0 Å². The molecule has 0 radical (unpaired) electrons. The lowest BCUT2D eigenvalue weighted by molar-refractivity contribution is -0.385. The van der Waals surface area contributed by atoms with Crippen molar-refractivity contribution in [3.63, 3.8) is 0 Å². The van der Waals surface area contributed by atoms with Gasteiger partial charge in [-0.15, -0.1) is 0 Å². The monoisotopic (exact) mass is 342 g/mol. The molecule has 1 N–H and O–H groups in total. The van der Waals surface area contributed by atoms with Crippen molar-refractivity contribution < 1.29 is 14.8 Å². The second kappa shape index (κ2) is 7.63. The molecule has 0 unspecified atom stereocenters. The maximum absolute atomic E-state index is 10.9. The van der Waals surface area contributed by atoms with Crippen LogP contribution in [0.2, 0.25) is 0 Å². The third kappa shape index (κ3) is 3.97. The average Bonchev–Trinajstić information content (AvgIpc) is 3.10. The zero-order valence-electron chi connectivity index (χ0n) is 14.2. The molecule has 3 rings (SSSR count). The lowest BCUT2D eigenvalue weighted by Crippen LogP contribution is -2.26. The Kier molecular flexibility index (Phi) is 5.31.